The largest absolute Gasteiger partial charge is 0.323 e. The van der Waals surface area contributed by atoms with Crippen LogP contribution in [0.5, 0.6) is 0 Å². The summed E-state index contributed by atoms with van der Waals surface area (Å²) < 4.78 is 0. The third-order valence-electron chi connectivity index (χ3n) is 3.25. The zero-order valence-electron chi connectivity index (χ0n) is 10.3. The number of H-pyrrole nitrogens is 2. The Morgan fingerprint density at radius 3 is 2.71 bits per heavy atom. The number of aromatic nitrogens is 2. The van der Waals surface area contributed by atoms with Crippen molar-refractivity contribution in [3.05, 3.63) is 21.9 Å². The number of rotatable bonds is 3. The molecule has 1 aromatic heterocycles. The third-order valence-corrected chi connectivity index (χ3v) is 3.25. The lowest BCUT2D eigenvalue weighted by Crippen LogP contribution is -2.35. The van der Waals surface area contributed by atoms with Crippen LogP contribution in [0, 0.1) is 5.92 Å². The molecular weight excluding hydrogens is 218 g/mol. The van der Waals surface area contributed by atoms with Crippen LogP contribution in [-0.4, -0.2) is 28.8 Å². The molecule has 1 atom stereocenters. The van der Waals surface area contributed by atoms with Gasteiger partial charge in [0, 0.05) is 18.2 Å². The fourth-order valence-electron chi connectivity index (χ4n) is 2.30. The maximum Gasteiger partial charge on any atom is 0.323 e. The molecule has 2 rings (SSSR count). The van der Waals surface area contributed by atoms with E-state index in [0.717, 1.165) is 25.1 Å². The lowest BCUT2D eigenvalue weighted by Gasteiger charge is -2.21. The topological polar surface area (TPSA) is 77.8 Å². The Morgan fingerprint density at radius 1 is 1.35 bits per heavy atom. The van der Waals surface area contributed by atoms with E-state index < -0.39 is 0 Å². The Balaban J connectivity index is 2.26. The van der Waals surface area contributed by atoms with Crippen LogP contribution in [0.25, 0.3) is 0 Å². The van der Waals surface area contributed by atoms with E-state index in [0.29, 0.717) is 12.2 Å². The smallest absolute Gasteiger partial charge is 0.316 e. The molecule has 17 heavy (non-hydrogen) atoms. The molecule has 0 saturated carbocycles. The van der Waals surface area contributed by atoms with Crippen molar-refractivity contribution < 1.29 is 4.79 Å². The molecule has 1 aromatic rings. The second-order valence-electron chi connectivity index (χ2n) is 4.93. The number of hydrogen-bond acceptors (Lipinski definition) is 3. The number of piperidine rings is 1. The Kier molecular flexibility index (Phi) is 3.47. The highest BCUT2D eigenvalue weighted by Crippen LogP contribution is 2.20. The predicted octanol–water partition coefficient (Wildman–Crippen LogP) is 1.01. The summed E-state index contributed by atoms with van der Waals surface area (Å²) in [6.07, 6.45) is 1.92. The summed E-state index contributed by atoms with van der Waals surface area (Å²) in [6, 6.07) is 0. The lowest BCUT2D eigenvalue weighted by atomic mass is 9.91. The minimum atomic E-state index is -0.291. The Morgan fingerprint density at radius 2 is 2.12 bits per heavy atom. The van der Waals surface area contributed by atoms with E-state index in [1.807, 2.05) is 13.8 Å². The van der Waals surface area contributed by atoms with Crippen molar-refractivity contribution >= 4 is 5.78 Å². The summed E-state index contributed by atoms with van der Waals surface area (Å²) in [5, 5.41) is 3.22. The number of imidazole rings is 1. The number of Topliss-reactive ketones (excluding diaryl/α,β-unsaturated/α-hetero) is 1. The van der Waals surface area contributed by atoms with Crippen LogP contribution in [0.2, 0.25) is 0 Å². The van der Waals surface area contributed by atoms with Crippen LogP contribution < -0.4 is 11.0 Å². The van der Waals surface area contributed by atoms with Crippen LogP contribution >= 0.6 is 0 Å². The second-order valence-corrected chi connectivity index (χ2v) is 4.93. The molecular formula is C12H19N3O2. The molecule has 1 aliphatic heterocycles. The van der Waals surface area contributed by atoms with Gasteiger partial charge in [0.2, 0.25) is 0 Å². The molecule has 0 amide bonds. The highest BCUT2D eigenvalue weighted by Gasteiger charge is 2.26. The van der Waals surface area contributed by atoms with Gasteiger partial charge in [-0.2, -0.15) is 0 Å². The van der Waals surface area contributed by atoms with Gasteiger partial charge in [-0.1, -0.05) is 13.8 Å². The van der Waals surface area contributed by atoms with Crippen molar-refractivity contribution in [2.45, 2.75) is 32.6 Å². The Bertz CT molecular complexity index is 453. The third kappa shape index (κ3) is 2.49. The van der Waals surface area contributed by atoms with E-state index in [4.69, 9.17) is 0 Å². The summed E-state index contributed by atoms with van der Waals surface area (Å²) in [5.41, 5.74) is 0.907. The number of carbonyl (C=O) groups excluding carboxylic acids is 1. The molecule has 0 aromatic carbocycles. The maximum atomic E-state index is 12.3. The van der Waals surface area contributed by atoms with Gasteiger partial charge in [0.15, 0.2) is 5.78 Å². The van der Waals surface area contributed by atoms with E-state index in [2.05, 4.69) is 15.3 Å². The van der Waals surface area contributed by atoms with Gasteiger partial charge in [-0.3, -0.25) is 4.79 Å². The highest BCUT2D eigenvalue weighted by molar-refractivity contribution is 5.97. The van der Waals surface area contributed by atoms with Crippen LogP contribution in [0.4, 0.5) is 0 Å². The van der Waals surface area contributed by atoms with Crippen molar-refractivity contribution in [2.24, 2.45) is 5.92 Å². The number of aromatic amines is 2. The standard InChI is InChI=1S/C12H19N3O2/c1-7(2)9-10(15-12(17)14-9)11(16)8-4-3-5-13-6-8/h7-8,13H,3-6H2,1-2H3,(H2,14,15,17). The maximum absolute atomic E-state index is 12.3. The molecule has 5 nitrogen and oxygen atoms in total. The number of nitrogens with one attached hydrogen (secondary N) is 3. The van der Waals surface area contributed by atoms with Gasteiger partial charge < -0.3 is 15.3 Å². The SMILES string of the molecule is CC(C)c1[nH]c(=O)[nH]c1C(=O)C1CCCNC1. The molecule has 0 spiro atoms. The molecule has 0 radical (unpaired) electrons. The van der Waals surface area contributed by atoms with Gasteiger partial charge in [-0.25, -0.2) is 4.79 Å². The molecule has 1 fully saturated rings. The summed E-state index contributed by atoms with van der Waals surface area (Å²) in [6.45, 7) is 5.62. The average Bonchev–Trinajstić information content (AvgIpc) is 2.72. The van der Waals surface area contributed by atoms with E-state index >= 15 is 0 Å². The molecule has 1 unspecified atom stereocenters. The van der Waals surface area contributed by atoms with Crippen molar-refractivity contribution in [1.82, 2.24) is 15.3 Å². The first kappa shape index (κ1) is 12.1. The van der Waals surface area contributed by atoms with Crippen molar-refractivity contribution in [3.63, 3.8) is 0 Å². The molecule has 5 heteroatoms. The molecule has 3 N–H and O–H groups in total. The van der Waals surface area contributed by atoms with Crippen molar-refractivity contribution in [1.29, 1.82) is 0 Å². The van der Waals surface area contributed by atoms with Crippen molar-refractivity contribution in [2.75, 3.05) is 13.1 Å². The zero-order valence-corrected chi connectivity index (χ0v) is 10.3. The first-order chi connectivity index (χ1) is 8.09. The van der Waals surface area contributed by atoms with Crippen LogP contribution in [-0.2, 0) is 0 Å². The minimum Gasteiger partial charge on any atom is -0.316 e. The molecule has 1 aliphatic rings. The number of carbonyl (C=O) groups is 1. The highest BCUT2D eigenvalue weighted by atomic mass is 16.1. The van der Waals surface area contributed by atoms with Crippen LogP contribution in [0.15, 0.2) is 4.79 Å². The van der Waals surface area contributed by atoms with E-state index in [1.54, 1.807) is 0 Å². The normalized spacial score (nSPS) is 20.8. The summed E-state index contributed by atoms with van der Waals surface area (Å²) in [7, 11) is 0. The van der Waals surface area contributed by atoms with E-state index in [9.17, 15) is 9.59 Å². The average molecular weight is 237 g/mol. The van der Waals surface area contributed by atoms with Gasteiger partial charge in [0.25, 0.3) is 0 Å². The quantitative estimate of drug-likeness (QED) is 0.686. The Hall–Kier alpha value is -1.36. The van der Waals surface area contributed by atoms with E-state index in [1.165, 1.54) is 0 Å². The lowest BCUT2D eigenvalue weighted by molar-refractivity contribution is 0.0893. The van der Waals surface area contributed by atoms with Gasteiger partial charge in [-0.15, -0.1) is 0 Å². The van der Waals surface area contributed by atoms with Crippen molar-refractivity contribution in [3.8, 4) is 0 Å². The molecule has 2 heterocycles. The van der Waals surface area contributed by atoms with Gasteiger partial charge >= 0.3 is 5.69 Å². The van der Waals surface area contributed by atoms with E-state index in [-0.39, 0.29) is 23.3 Å². The zero-order chi connectivity index (χ0) is 12.4. The first-order valence-corrected chi connectivity index (χ1v) is 6.16. The predicted molar refractivity (Wildman–Crippen MR) is 65.4 cm³/mol. The van der Waals surface area contributed by atoms with Crippen LogP contribution in [0.3, 0.4) is 0 Å². The second kappa shape index (κ2) is 4.87. The van der Waals surface area contributed by atoms with Crippen LogP contribution in [0.1, 0.15) is 48.8 Å². The minimum absolute atomic E-state index is 0.00676. The molecule has 94 valence electrons. The number of hydrogen-bond donors (Lipinski definition) is 3. The molecule has 0 bridgehead atoms. The Labute approximate surface area is 100 Å². The summed E-state index contributed by atoms with van der Waals surface area (Å²) in [4.78, 5) is 29.0. The molecule has 0 aliphatic carbocycles. The molecule has 1 saturated heterocycles. The number of ketones is 1. The van der Waals surface area contributed by atoms with Gasteiger partial charge in [0.1, 0.15) is 5.69 Å². The summed E-state index contributed by atoms with van der Waals surface area (Å²) >= 11 is 0. The summed E-state index contributed by atoms with van der Waals surface area (Å²) in [5.74, 6) is 0.191. The fraction of sp³-hybridized carbons (Fsp3) is 0.667. The first-order valence-electron chi connectivity index (χ1n) is 6.16. The van der Waals surface area contributed by atoms with Gasteiger partial charge in [-0.05, 0) is 25.3 Å². The van der Waals surface area contributed by atoms with Gasteiger partial charge in [0.05, 0.1) is 0 Å². The monoisotopic (exact) mass is 237 g/mol. The fourth-order valence-corrected chi connectivity index (χ4v) is 2.30.